The molecule has 0 aliphatic carbocycles. The van der Waals surface area contributed by atoms with E-state index in [0.29, 0.717) is 6.04 Å². The van der Waals surface area contributed by atoms with Crippen LogP contribution in [0.3, 0.4) is 0 Å². The third kappa shape index (κ3) is 4.65. The maximum atomic E-state index is 5.35. The molecule has 0 aliphatic rings. The van der Waals surface area contributed by atoms with Gasteiger partial charge in [-0.25, -0.2) is 4.98 Å². The van der Waals surface area contributed by atoms with Crippen LogP contribution in [0.15, 0.2) is 18.3 Å². The summed E-state index contributed by atoms with van der Waals surface area (Å²) >= 11 is 0. The highest BCUT2D eigenvalue weighted by Gasteiger charge is 2.15. The van der Waals surface area contributed by atoms with Crippen molar-refractivity contribution in [2.45, 2.75) is 46.1 Å². The lowest BCUT2D eigenvalue weighted by Gasteiger charge is -2.20. The van der Waals surface area contributed by atoms with Crippen molar-refractivity contribution in [3.63, 3.8) is 0 Å². The molecule has 3 heteroatoms. The summed E-state index contributed by atoms with van der Waals surface area (Å²) in [6, 6.07) is 4.43. The number of pyridine rings is 1. The van der Waals surface area contributed by atoms with Gasteiger partial charge in [-0.1, -0.05) is 39.7 Å². The topological polar surface area (TPSA) is 34.2 Å². The molecule has 0 aliphatic heterocycles. The Morgan fingerprint density at radius 1 is 1.33 bits per heavy atom. The van der Waals surface area contributed by atoms with Crippen LogP contribution in [0, 0.1) is 5.92 Å². The van der Waals surface area contributed by atoms with Gasteiger partial charge in [0.2, 0.25) is 5.88 Å². The minimum absolute atomic E-state index is 0.345. The van der Waals surface area contributed by atoms with Crippen LogP contribution in [0.5, 0.6) is 5.88 Å². The van der Waals surface area contributed by atoms with Crippen molar-refractivity contribution in [3.05, 3.63) is 23.9 Å². The highest BCUT2D eigenvalue weighted by atomic mass is 16.5. The van der Waals surface area contributed by atoms with Crippen molar-refractivity contribution in [1.82, 2.24) is 10.3 Å². The minimum atomic E-state index is 0.345. The van der Waals surface area contributed by atoms with Gasteiger partial charge in [-0.3, -0.25) is 0 Å². The van der Waals surface area contributed by atoms with Gasteiger partial charge in [-0.15, -0.1) is 0 Å². The smallest absolute Gasteiger partial charge is 0.217 e. The lowest BCUT2D eigenvalue weighted by atomic mass is 9.98. The van der Waals surface area contributed by atoms with Crippen molar-refractivity contribution in [1.29, 1.82) is 0 Å². The SMILES string of the molecule is CCNC(CCCC(C)C)c1cccnc1OC. The van der Waals surface area contributed by atoms with Gasteiger partial charge in [0.25, 0.3) is 0 Å². The predicted octanol–water partition coefficient (Wildman–Crippen LogP) is 3.57. The molecule has 0 radical (unpaired) electrons. The molecule has 1 unspecified atom stereocenters. The van der Waals surface area contributed by atoms with Crippen LogP contribution in [-0.2, 0) is 0 Å². The van der Waals surface area contributed by atoms with Gasteiger partial charge < -0.3 is 10.1 Å². The van der Waals surface area contributed by atoms with E-state index >= 15 is 0 Å². The van der Waals surface area contributed by atoms with Gasteiger partial charge in [-0.2, -0.15) is 0 Å². The van der Waals surface area contributed by atoms with E-state index in [9.17, 15) is 0 Å². The third-order valence-corrected chi connectivity index (χ3v) is 3.09. The molecule has 18 heavy (non-hydrogen) atoms. The maximum Gasteiger partial charge on any atom is 0.217 e. The van der Waals surface area contributed by atoms with Gasteiger partial charge >= 0.3 is 0 Å². The third-order valence-electron chi connectivity index (χ3n) is 3.09. The summed E-state index contributed by atoms with van der Waals surface area (Å²) in [5.41, 5.74) is 1.17. The lowest BCUT2D eigenvalue weighted by molar-refractivity contribution is 0.375. The van der Waals surface area contributed by atoms with E-state index in [2.05, 4.69) is 37.1 Å². The highest BCUT2D eigenvalue weighted by molar-refractivity contribution is 5.28. The molecule has 1 aromatic heterocycles. The second-order valence-corrected chi connectivity index (χ2v) is 5.04. The molecule has 1 rings (SSSR count). The van der Waals surface area contributed by atoms with E-state index in [1.54, 1.807) is 13.3 Å². The fraction of sp³-hybridized carbons (Fsp3) is 0.667. The van der Waals surface area contributed by atoms with Crippen molar-refractivity contribution in [2.24, 2.45) is 5.92 Å². The quantitative estimate of drug-likeness (QED) is 0.766. The van der Waals surface area contributed by atoms with Crippen molar-refractivity contribution < 1.29 is 4.74 Å². The molecule has 0 aromatic carbocycles. The van der Waals surface area contributed by atoms with E-state index < -0.39 is 0 Å². The molecule has 0 fully saturated rings. The van der Waals surface area contributed by atoms with Gasteiger partial charge in [0.1, 0.15) is 0 Å². The molecule has 1 heterocycles. The van der Waals surface area contributed by atoms with Gasteiger partial charge in [0.15, 0.2) is 0 Å². The van der Waals surface area contributed by atoms with Crippen molar-refractivity contribution >= 4 is 0 Å². The number of hydrogen-bond acceptors (Lipinski definition) is 3. The number of nitrogens with zero attached hydrogens (tertiary/aromatic N) is 1. The van der Waals surface area contributed by atoms with Crippen LogP contribution in [0.4, 0.5) is 0 Å². The Morgan fingerprint density at radius 3 is 2.72 bits per heavy atom. The zero-order valence-electron chi connectivity index (χ0n) is 12.1. The lowest BCUT2D eigenvalue weighted by Crippen LogP contribution is -2.21. The maximum absolute atomic E-state index is 5.35. The van der Waals surface area contributed by atoms with Crippen LogP contribution in [0.2, 0.25) is 0 Å². The first-order valence-electron chi connectivity index (χ1n) is 6.91. The molecular weight excluding hydrogens is 224 g/mol. The molecule has 1 aromatic rings. The summed E-state index contributed by atoms with van der Waals surface area (Å²) in [4.78, 5) is 4.28. The van der Waals surface area contributed by atoms with E-state index in [0.717, 1.165) is 24.8 Å². The first kappa shape index (κ1) is 15.0. The number of rotatable bonds is 8. The van der Waals surface area contributed by atoms with E-state index in [4.69, 9.17) is 4.74 Å². The summed E-state index contributed by atoms with van der Waals surface area (Å²) in [5.74, 6) is 1.51. The summed E-state index contributed by atoms with van der Waals surface area (Å²) in [6.07, 6.45) is 5.41. The zero-order valence-corrected chi connectivity index (χ0v) is 12.1. The number of methoxy groups -OCH3 is 1. The Balaban J connectivity index is 2.70. The molecule has 3 nitrogen and oxygen atoms in total. The molecule has 0 saturated heterocycles. The number of ether oxygens (including phenoxy) is 1. The molecule has 0 spiro atoms. The zero-order chi connectivity index (χ0) is 13.4. The first-order valence-corrected chi connectivity index (χ1v) is 6.91. The number of nitrogens with one attached hydrogen (secondary N) is 1. The van der Waals surface area contributed by atoms with E-state index in [-0.39, 0.29) is 0 Å². The summed E-state index contributed by atoms with van der Waals surface area (Å²) in [5, 5.41) is 3.53. The minimum Gasteiger partial charge on any atom is -0.481 e. The molecule has 0 bridgehead atoms. The average molecular weight is 250 g/mol. The number of aromatic nitrogens is 1. The molecule has 102 valence electrons. The normalized spacial score (nSPS) is 12.7. The second-order valence-electron chi connectivity index (χ2n) is 5.04. The Hall–Kier alpha value is -1.09. The van der Waals surface area contributed by atoms with Crippen LogP contribution < -0.4 is 10.1 Å². The van der Waals surface area contributed by atoms with Gasteiger partial charge in [-0.05, 0) is 24.9 Å². The Morgan fingerprint density at radius 2 is 2.11 bits per heavy atom. The van der Waals surface area contributed by atoms with Gasteiger partial charge in [0.05, 0.1) is 7.11 Å². The van der Waals surface area contributed by atoms with Crippen LogP contribution >= 0.6 is 0 Å². The standard InChI is InChI=1S/C15H26N2O/c1-5-16-14(10-6-8-12(2)3)13-9-7-11-17-15(13)18-4/h7,9,11-12,14,16H,5-6,8,10H2,1-4H3. The summed E-state index contributed by atoms with van der Waals surface area (Å²) < 4.78 is 5.35. The largest absolute Gasteiger partial charge is 0.481 e. The van der Waals surface area contributed by atoms with Crippen LogP contribution in [0.1, 0.15) is 51.6 Å². The van der Waals surface area contributed by atoms with Crippen LogP contribution in [0.25, 0.3) is 0 Å². The predicted molar refractivity (Wildman–Crippen MR) is 75.9 cm³/mol. The first-order chi connectivity index (χ1) is 8.69. The number of hydrogen-bond donors (Lipinski definition) is 1. The van der Waals surface area contributed by atoms with Crippen molar-refractivity contribution in [2.75, 3.05) is 13.7 Å². The van der Waals surface area contributed by atoms with E-state index in [1.807, 2.05) is 6.07 Å². The van der Waals surface area contributed by atoms with Crippen molar-refractivity contribution in [3.8, 4) is 5.88 Å². The fourth-order valence-corrected chi connectivity index (χ4v) is 2.18. The average Bonchev–Trinajstić information content (AvgIpc) is 2.37. The monoisotopic (exact) mass is 250 g/mol. The molecular formula is C15H26N2O. The molecule has 1 atom stereocenters. The second kappa shape index (κ2) is 8.09. The Bertz CT molecular complexity index is 339. The molecule has 0 saturated carbocycles. The highest BCUT2D eigenvalue weighted by Crippen LogP contribution is 2.26. The fourth-order valence-electron chi connectivity index (χ4n) is 2.18. The van der Waals surface area contributed by atoms with Crippen LogP contribution in [-0.4, -0.2) is 18.6 Å². The summed E-state index contributed by atoms with van der Waals surface area (Å²) in [7, 11) is 1.68. The van der Waals surface area contributed by atoms with E-state index in [1.165, 1.54) is 18.4 Å². The summed E-state index contributed by atoms with van der Waals surface area (Å²) in [6.45, 7) is 7.64. The molecule has 1 N–H and O–H groups in total. The molecule has 0 amide bonds. The Labute approximate surface area is 111 Å². The van der Waals surface area contributed by atoms with Gasteiger partial charge in [0, 0.05) is 17.8 Å². The Kier molecular flexibility index (Phi) is 6.73.